The zero-order chi connectivity index (χ0) is 22.6. The summed E-state index contributed by atoms with van der Waals surface area (Å²) in [4.78, 5) is 0. The summed E-state index contributed by atoms with van der Waals surface area (Å²) < 4.78 is 0. The van der Waals surface area contributed by atoms with Gasteiger partial charge in [0.05, 0.1) is 0 Å². The highest BCUT2D eigenvalue weighted by atomic mass is 16.3. The molecule has 0 radical (unpaired) electrons. The molecule has 31 heavy (non-hydrogen) atoms. The number of benzene rings is 1. The van der Waals surface area contributed by atoms with E-state index < -0.39 is 0 Å². The largest absolute Gasteiger partial charge is 0.508 e. The number of aromatic hydroxyl groups is 1. The Hall–Kier alpha value is -0.980. The molecule has 2 unspecified atom stereocenters. The second kappa shape index (κ2) is 19.7. The minimum atomic E-state index is 0.521. The van der Waals surface area contributed by atoms with Crippen LogP contribution in [0.25, 0.3) is 0 Å². The molecule has 0 bridgehead atoms. The molecular formula is C30H54O. The third-order valence-electron chi connectivity index (χ3n) is 7.11. The van der Waals surface area contributed by atoms with Gasteiger partial charge in [-0.1, -0.05) is 148 Å². The fourth-order valence-corrected chi connectivity index (χ4v) is 5.23. The van der Waals surface area contributed by atoms with Gasteiger partial charge in [-0.2, -0.15) is 0 Å². The van der Waals surface area contributed by atoms with Crippen molar-refractivity contribution in [1.29, 1.82) is 0 Å². The smallest absolute Gasteiger partial charge is 0.119 e. The zero-order valence-corrected chi connectivity index (χ0v) is 21.3. The molecule has 1 nitrogen and oxygen atoms in total. The Balaban J connectivity index is 2.54. The summed E-state index contributed by atoms with van der Waals surface area (Å²) >= 11 is 0. The number of phenols is 1. The first-order valence-electron chi connectivity index (χ1n) is 14.0. The molecule has 1 aromatic rings. The van der Waals surface area contributed by atoms with Gasteiger partial charge in [-0.3, -0.25) is 0 Å². The summed E-state index contributed by atoms with van der Waals surface area (Å²) in [6.45, 7) is 6.91. The maximum Gasteiger partial charge on any atom is 0.119 e. The van der Waals surface area contributed by atoms with Crippen molar-refractivity contribution in [2.24, 2.45) is 5.92 Å². The van der Waals surface area contributed by atoms with Crippen molar-refractivity contribution >= 4 is 0 Å². The first kappa shape index (κ1) is 28.1. The number of para-hydroxylation sites is 1. The minimum absolute atomic E-state index is 0.521. The molecule has 1 rings (SSSR count). The van der Waals surface area contributed by atoms with Crippen molar-refractivity contribution in [2.45, 2.75) is 149 Å². The molecule has 0 amide bonds. The number of hydrogen-bond acceptors (Lipinski definition) is 1. The first-order valence-corrected chi connectivity index (χ1v) is 14.0. The minimum Gasteiger partial charge on any atom is -0.508 e. The topological polar surface area (TPSA) is 20.2 Å². The van der Waals surface area contributed by atoms with E-state index in [1.54, 1.807) is 0 Å². The number of unbranched alkanes of at least 4 members (excludes halogenated alkanes) is 13. The van der Waals surface area contributed by atoms with Crippen molar-refractivity contribution in [2.75, 3.05) is 0 Å². The lowest BCUT2D eigenvalue weighted by Gasteiger charge is -2.28. The predicted molar refractivity (Wildman–Crippen MR) is 139 cm³/mol. The van der Waals surface area contributed by atoms with Crippen molar-refractivity contribution in [3.05, 3.63) is 29.8 Å². The first-order chi connectivity index (χ1) is 15.2. The summed E-state index contributed by atoms with van der Waals surface area (Å²) in [6, 6.07) is 8.17. The Morgan fingerprint density at radius 1 is 0.548 bits per heavy atom. The van der Waals surface area contributed by atoms with Crippen LogP contribution < -0.4 is 0 Å². The third-order valence-corrected chi connectivity index (χ3v) is 7.11. The Morgan fingerprint density at radius 2 is 1.03 bits per heavy atom. The van der Waals surface area contributed by atoms with Crippen LogP contribution in [0.2, 0.25) is 0 Å². The summed E-state index contributed by atoms with van der Waals surface area (Å²) in [5, 5.41) is 10.6. The Labute approximate surface area is 195 Å². The van der Waals surface area contributed by atoms with Crippen LogP contribution in [0, 0.1) is 5.92 Å². The molecule has 0 spiro atoms. The average Bonchev–Trinajstić information content (AvgIpc) is 2.78. The standard InChI is InChI=1S/C30H54O/c1-4-7-9-11-13-14-15-17-19-24-28(29-25-20-21-26-30(29)31)27(22-6-3)23-18-16-12-10-8-5-2/h20-21,25-28,31H,4-19,22-24H2,1-3H3. The SMILES string of the molecule is CCCCCCCCCCCC(c1ccccc1O)C(CCC)CCCCCCCC. The molecule has 0 aliphatic rings. The number of hydrogen-bond donors (Lipinski definition) is 1. The molecule has 0 saturated carbocycles. The lowest BCUT2D eigenvalue weighted by Crippen LogP contribution is -2.14. The molecule has 0 aromatic heterocycles. The van der Waals surface area contributed by atoms with Crippen LogP contribution in [0.3, 0.4) is 0 Å². The maximum absolute atomic E-state index is 10.6. The summed E-state index contributed by atoms with van der Waals surface area (Å²) in [6.07, 6.45) is 25.8. The van der Waals surface area contributed by atoms with Gasteiger partial charge in [-0.15, -0.1) is 0 Å². The fourth-order valence-electron chi connectivity index (χ4n) is 5.23. The van der Waals surface area contributed by atoms with Crippen LogP contribution >= 0.6 is 0 Å². The Bertz CT molecular complexity index is 509. The highest BCUT2D eigenvalue weighted by Gasteiger charge is 2.24. The van der Waals surface area contributed by atoms with Crippen LogP contribution in [-0.4, -0.2) is 5.11 Å². The normalized spacial score (nSPS) is 13.4. The molecule has 1 aromatic carbocycles. The van der Waals surface area contributed by atoms with Crippen molar-refractivity contribution in [3.8, 4) is 5.75 Å². The fraction of sp³-hybridized carbons (Fsp3) is 0.800. The zero-order valence-electron chi connectivity index (χ0n) is 21.3. The quantitative estimate of drug-likeness (QED) is 0.192. The lowest BCUT2D eigenvalue weighted by molar-refractivity contribution is 0.321. The molecule has 0 aliphatic carbocycles. The molecule has 1 N–H and O–H groups in total. The van der Waals surface area contributed by atoms with Gasteiger partial charge in [0.15, 0.2) is 0 Å². The van der Waals surface area contributed by atoms with E-state index in [-0.39, 0.29) is 0 Å². The molecule has 0 saturated heterocycles. The molecule has 1 heteroatoms. The van der Waals surface area contributed by atoms with Gasteiger partial charge in [0.1, 0.15) is 5.75 Å². The molecule has 0 heterocycles. The van der Waals surface area contributed by atoms with E-state index in [0.717, 1.165) is 5.92 Å². The van der Waals surface area contributed by atoms with Crippen molar-refractivity contribution < 1.29 is 5.11 Å². The van der Waals surface area contributed by atoms with E-state index in [1.165, 1.54) is 128 Å². The van der Waals surface area contributed by atoms with Gasteiger partial charge in [-0.05, 0) is 36.3 Å². The van der Waals surface area contributed by atoms with Gasteiger partial charge in [0, 0.05) is 0 Å². The van der Waals surface area contributed by atoms with Crippen LogP contribution in [-0.2, 0) is 0 Å². The average molecular weight is 431 g/mol. The third kappa shape index (κ3) is 13.2. The van der Waals surface area contributed by atoms with E-state index >= 15 is 0 Å². The number of phenolic OH excluding ortho intramolecular Hbond substituents is 1. The predicted octanol–water partition coefficient (Wildman–Crippen LogP) is 10.6. The second-order valence-electron chi connectivity index (χ2n) is 9.89. The Morgan fingerprint density at radius 3 is 1.55 bits per heavy atom. The van der Waals surface area contributed by atoms with E-state index in [4.69, 9.17) is 0 Å². The monoisotopic (exact) mass is 430 g/mol. The van der Waals surface area contributed by atoms with Crippen molar-refractivity contribution in [3.63, 3.8) is 0 Å². The van der Waals surface area contributed by atoms with E-state index in [2.05, 4.69) is 32.9 Å². The van der Waals surface area contributed by atoms with Gasteiger partial charge < -0.3 is 5.11 Å². The van der Waals surface area contributed by atoms with Gasteiger partial charge >= 0.3 is 0 Å². The Kier molecular flexibility index (Phi) is 17.8. The van der Waals surface area contributed by atoms with E-state index in [0.29, 0.717) is 11.7 Å². The van der Waals surface area contributed by atoms with Gasteiger partial charge in [0.25, 0.3) is 0 Å². The highest BCUT2D eigenvalue weighted by Crippen LogP contribution is 2.40. The van der Waals surface area contributed by atoms with Crippen LogP contribution in [0.4, 0.5) is 0 Å². The van der Waals surface area contributed by atoms with Crippen molar-refractivity contribution in [1.82, 2.24) is 0 Å². The van der Waals surface area contributed by atoms with Crippen LogP contribution in [0.5, 0.6) is 5.75 Å². The molecule has 2 atom stereocenters. The molecular weight excluding hydrogens is 376 g/mol. The van der Waals surface area contributed by atoms with E-state index in [1.807, 2.05) is 12.1 Å². The highest BCUT2D eigenvalue weighted by molar-refractivity contribution is 5.35. The summed E-state index contributed by atoms with van der Waals surface area (Å²) in [5.41, 5.74) is 1.21. The molecule has 0 aliphatic heterocycles. The number of rotatable bonds is 21. The second-order valence-corrected chi connectivity index (χ2v) is 9.89. The molecule has 0 fully saturated rings. The molecule has 180 valence electrons. The lowest BCUT2D eigenvalue weighted by atomic mass is 9.77. The summed E-state index contributed by atoms with van der Waals surface area (Å²) in [7, 11) is 0. The van der Waals surface area contributed by atoms with Gasteiger partial charge in [0.2, 0.25) is 0 Å². The van der Waals surface area contributed by atoms with Crippen LogP contribution in [0.15, 0.2) is 24.3 Å². The van der Waals surface area contributed by atoms with Crippen LogP contribution in [0.1, 0.15) is 154 Å². The maximum atomic E-state index is 10.6. The van der Waals surface area contributed by atoms with Gasteiger partial charge in [-0.25, -0.2) is 0 Å². The summed E-state index contributed by atoms with van der Waals surface area (Å²) in [5.74, 6) is 1.77. The van der Waals surface area contributed by atoms with E-state index in [9.17, 15) is 5.11 Å².